The predicted molar refractivity (Wildman–Crippen MR) is 175 cm³/mol. The van der Waals surface area contributed by atoms with Gasteiger partial charge in [0.1, 0.15) is 11.9 Å². The number of aromatic nitrogens is 1. The number of nitrogens with one attached hydrogen (secondary N) is 2. The summed E-state index contributed by atoms with van der Waals surface area (Å²) in [4.78, 5) is 18.1. The largest absolute Gasteiger partial charge is 0.490 e. The zero-order valence-corrected chi connectivity index (χ0v) is 25.7. The molecule has 0 aliphatic heterocycles. The Kier molecular flexibility index (Phi) is 9.65. The number of nitrogens with zero attached hydrogens (tertiary/aromatic N) is 1. The van der Waals surface area contributed by atoms with E-state index in [9.17, 15) is 18.0 Å². The molecular weight excluding hydrogens is 593 g/mol. The van der Waals surface area contributed by atoms with Crippen molar-refractivity contribution in [2.24, 2.45) is 0 Å². The van der Waals surface area contributed by atoms with Gasteiger partial charge >= 0.3 is 6.18 Å². The van der Waals surface area contributed by atoms with Crippen molar-refractivity contribution in [1.82, 2.24) is 10.3 Å². The average molecular weight is 629 g/mol. The lowest BCUT2D eigenvalue weighted by molar-refractivity contribution is -0.137. The van der Waals surface area contributed by atoms with Crippen molar-refractivity contribution in [2.75, 3.05) is 17.7 Å². The molecular formula is C36H35F3N4O3. The minimum atomic E-state index is -4.54. The van der Waals surface area contributed by atoms with Gasteiger partial charge in [-0.25, -0.2) is 4.98 Å². The first kappa shape index (κ1) is 32.2. The van der Waals surface area contributed by atoms with Crippen LogP contribution in [0.4, 0.5) is 24.7 Å². The number of carbonyl (C=O) groups excluding carboxylic acids is 1. The maximum Gasteiger partial charge on any atom is 0.417 e. The Morgan fingerprint density at radius 2 is 1.65 bits per heavy atom. The smallest absolute Gasteiger partial charge is 0.417 e. The minimum absolute atomic E-state index is 0.00778. The van der Waals surface area contributed by atoms with E-state index in [4.69, 9.17) is 15.2 Å². The zero-order chi connectivity index (χ0) is 32.8. The van der Waals surface area contributed by atoms with Gasteiger partial charge in [-0.15, -0.1) is 0 Å². The summed E-state index contributed by atoms with van der Waals surface area (Å²) in [6.07, 6.45) is -3.02. The maximum atomic E-state index is 14.0. The van der Waals surface area contributed by atoms with Gasteiger partial charge in [-0.3, -0.25) is 4.79 Å². The number of nitrogen functional groups attached to an aromatic ring is 1. The first-order valence-electron chi connectivity index (χ1n) is 14.9. The lowest BCUT2D eigenvalue weighted by Gasteiger charge is -2.23. The molecule has 238 valence electrons. The van der Waals surface area contributed by atoms with Crippen LogP contribution in [0.1, 0.15) is 43.5 Å². The Morgan fingerprint density at radius 1 is 0.913 bits per heavy atom. The molecule has 0 radical (unpaired) electrons. The lowest BCUT2D eigenvalue weighted by Crippen LogP contribution is -2.33. The van der Waals surface area contributed by atoms with Gasteiger partial charge in [-0.1, -0.05) is 48.5 Å². The van der Waals surface area contributed by atoms with Crippen LogP contribution in [0, 0.1) is 0 Å². The third-order valence-corrected chi connectivity index (χ3v) is 7.33. The fraction of sp³-hybridized carbons (Fsp3) is 0.222. The van der Waals surface area contributed by atoms with Crippen molar-refractivity contribution in [3.05, 3.63) is 114 Å². The lowest BCUT2D eigenvalue weighted by atomic mass is 9.95. The van der Waals surface area contributed by atoms with E-state index in [1.807, 2.05) is 45.0 Å². The maximum absolute atomic E-state index is 14.0. The number of rotatable bonds is 11. The molecule has 1 unspecified atom stereocenters. The number of halogens is 3. The number of ether oxygens (including phenoxy) is 2. The molecule has 1 heterocycles. The number of alkyl halides is 3. The summed E-state index contributed by atoms with van der Waals surface area (Å²) in [5, 5.41) is 7.89. The Hall–Kier alpha value is -5.25. The third kappa shape index (κ3) is 7.34. The van der Waals surface area contributed by atoms with Gasteiger partial charge in [0.25, 0.3) is 0 Å². The Labute approximate surface area is 265 Å². The summed E-state index contributed by atoms with van der Waals surface area (Å²) >= 11 is 0. The highest BCUT2D eigenvalue weighted by atomic mass is 19.4. The highest BCUT2D eigenvalue weighted by Gasteiger charge is 2.33. The number of hydrogen-bond donors (Lipinski definition) is 3. The quantitative estimate of drug-likeness (QED) is 0.137. The fourth-order valence-electron chi connectivity index (χ4n) is 5.27. The van der Waals surface area contributed by atoms with Gasteiger partial charge in [0.2, 0.25) is 5.91 Å². The topological polar surface area (TPSA) is 98.5 Å². The van der Waals surface area contributed by atoms with Crippen molar-refractivity contribution in [3.63, 3.8) is 0 Å². The van der Waals surface area contributed by atoms with Gasteiger partial charge in [0.15, 0.2) is 11.5 Å². The van der Waals surface area contributed by atoms with E-state index in [1.54, 1.807) is 54.7 Å². The van der Waals surface area contributed by atoms with Crippen molar-refractivity contribution in [3.8, 4) is 22.6 Å². The first-order chi connectivity index (χ1) is 22.0. The molecule has 1 amide bonds. The van der Waals surface area contributed by atoms with Crippen molar-refractivity contribution in [1.29, 1.82) is 0 Å². The second-order valence-corrected chi connectivity index (χ2v) is 10.9. The van der Waals surface area contributed by atoms with Crippen LogP contribution in [0.3, 0.4) is 0 Å². The SMILES string of the molecule is CCOc1cc(C(Nc2ccc3c(N)nccc3c2)C(=O)NCc2ccccc2-c2ccccc2C(F)(F)F)ccc1OC(C)C. The molecule has 0 saturated heterocycles. The fourth-order valence-corrected chi connectivity index (χ4v) is 5.27. The van der Waals surface area contributed by atoms with Crippen LogP contribution in [0.25, 0.3) is 21.9 Å². The number of fused-ring (bicyclic) bond motifs is 1. The highest BCUT2D eigenvalue weighted by Crippen LogP contribution is 2.38. The molecule has 10 heteroatoms. The molecule has 5 aromatic rings. The van der Waals surface area contributed by atoms with E-state index in [0.717, 1.165) is 16.8 Å². The summed E-state index contributed by atoms with van der Waals surface area (Å²) in [5.74, 6) is 1.03. The number of anilines is 2. The average Bonchev–Trinajstić information content (AvgIpc) is 3.03. The van der Waals surface area contributed by atoms with E-state index in [-0.39, 0.29) is 18.2 Å². The monoisotopic (exact) mass is 628 g/mol. The normalized spacial score (nSPS) is 12.2. The molecule has 0 fully saturated rings. The number of hydrogen-bond acceptors (Lipinski definition) is 6. The molecule has 46 heavy (non-hydrogen) atoms. The minimum Gasteiger partial charge on any atom is -0.490 e. The molecule has 4 aromatic carbocycles. The third-order valence-electron chi connectivity index (χ3n) is 7.33. The summed E-state index contributed by atoms with van der Waals surface area (Å²) in [6.45, 7) is 6.06. The van der Waals surface area contributed by atoms with Crippen LogP contribution in [-0.4, -0.2) is 23.6 Å². The zero-order valence-electron chi connectivity index (χ0n) is 25.7. The van der Waals surface area contributed by atoms with Gasteiger partial charge in [-0.2, -0.15) is 13.2 Å². The van der Waals surface area contributed by atoms with Crippen LogP contribution in [-0.2, 0) is 17.5 Å². The number of benzene rings is 4. The molecule has 0 aliphatic carbocycles. The van der Waals surface area contributed by atoms with Crippen molar-refractivity contribution in [2.45, 2.75) is 45.6 Å². The number of carbonyl (C=O) groups is 1. The highest BCUT2D eigenvalue weighted by molar-refractivity contribution is 5.94. The number of nitrogens with two attached hydrogens (primary N) is 1. The summed E-state index contributed by atoms with van der Waals surface area (Å²) in [6, 6.07) is 23.9. The Bertz CT molecular complexity index is 1840. The second-order valence-electron chi connectivity index (χ2n) is 10.9. The van der Waals surface area contributed by atoms with Gasteiger partial charge in [-0.05, 0) is 90.9 Å². The molecule has 7 nitrogen and oxygen atoms in total. The van der Waals surface area contributed by atoms with Crippen molar-refractivity contribution < 1.29 is 27.4 Å². The van der Waals surface area contributed by atoms with Crippen LogP contribution >= 0.6 is 0 Å². The second kappa shape index (κ2) is 13.8. The summed E-state index contributed by atoms with van der Waals surface area (Å²) in [7, 11) is 0. The van der Waals surface area contributed by atoms with Gasteiger partial charge in [0.05, 0.1) is 18.3 Å². The summed E-state index contributed by atoms with van der Waals surface area (Å²) in [5.41, 5.74) is 7.51. The van der Waals surface area contributed by atoms with E-state index < -0.39 is 23.7 Å². The van der Waals surface area contributed by atoms with Crippen LogP contribution in [0.2, 0.25) is 0 Å². The molecule has 1 aromatic heterocycles. The van der Waals surface area contributed by atoms with Crippen LogP contribution in [0.15, 0.2) is 97.2 Å². The number of pyridine rings is 1. The predicted octanol–water partition coefficient (Wildman–Crippen LogP) is 8.16. The van der Waals surface area contributed by atoms with Crippen LogP contribution in [0.5, 0.6) is 11.5 Å². The summed E-state index contributed by atoms with van der Waals surface area (Å²) < 4.78 is 53.4. The molecule has 4 N–H and O–H groups in total. The van der Waals surface area contributed by atoms with Gasteiger partial charge < -0.3 is 25.8 Å². The van der Waals surface area contributed by atoms with Gasteiger partial charge in [0, 0.05) is 23.8 Å². The standard InChI is InChI=1S/C36H35F3N4O3/c1-4-45-32-20-24(13-16-31(32)46-22(2)3)33(43-26-14-15-28-23(19-26)17-18-41-34(28)40)35(44)42-21-25-9-5-6-10-27(25)29-11-7-8-12-30(29)36(37,38)39/h5-20,22,33,43H,4,21H2,1-3H3,(H2,40,41)(H,42,44). The number of amides is 1. The molecule has 0 aliphatic rings. The first-order valence-corrected chi connectivity index (χ1v) is 14.9. The molecule has 0 saturated carbocycles. The van der Waals surface area contributed by atoms with E-state index >= 15 is 0 Å². The molecule has 0 bridgehead atoms. The molecule has 5 rings (SSSR count). The van der Waals surface area contributed by atoms with Crippen molar-refractivity contribution >= 4 is 28.2 Å². The van der Waals surface area contributed by atoms with Crippen LogP contribution < -0.4 is 25.8 Å². The molecule has 1 atom stereocenters. The van der Waals surface area contributed by atoms with E-state index in [0.29, 0.717) is 46.3 Å². The van der Waals surface area contributed by atoms with E-state index in [1.165, 1.54) is 12.1 Å². The Morgan fingerprint density at radius 3 is 2.39 bits per heavy atom. The Balaban J connectivity index is 1.49. The van der Waals surface area contributed by atoms with E-state index in [2.05, 4.69) is 15.6 Å². The molecule has 0 spiro atoms.